The highest BCUT2D eigenvalue weighted by Crippen LogP contribution is 2.22. The van der Waals surface area contributed by atoms with Crippen LogP contribution in [0.5, 0.6) is 5.75 Å². The number of primary amides is 1. The van der Waals surface area contributed by atoms with Gasteiger partial charge < -0.3 is 10.5 Å². The molecule has 9 nitrogen and oxygen atoms in total. The van der Waals surface area contributed by atoms with Crippen molar-refractivity contribution in [3.8, 4) is 5.75 Å². The normalized spacial score (nSPS) is 11.3. The molecular formula is C24H23ClN4O5S. The largest absolute Gasteiger partial charge is 0.484 e. The first kappa shape index (κ1) is 25.7. The minimum atomic E-state index is -3.57. The smallest absolute Gasteiger partial charge is 0.271 e. The van der Waals surface area contributed by atoms with Gasteiger partial charge in [0.2, 0.25) is 10.0 Å². The predicted molar refractivity (Wildman–Crippen MR) is 135 cm³/mol. The Morgan fingerprint density at radius 1 is 1.03 bits per heavy atom. The number of rotatable bonds is 10. The first-order valence-electron chi connectivity index (χ1n) is 10.3. The first-order valence-corrected chi connectivity index (χ1v) is 12.5. The molecule has 2 amide bonds. The van der Waals surface area contributed by atoms with Gasteiger partial charge in [0.1, 0.15) is 5.75 Å². The fraction of sp³-hybridized carbons (Fsp3) is 0.125. The average molecular weight is 515 g/mol. The number of nitrogens with two attached hydrogens (primary N) is 1. The second-order valence-corrected chi connectivity index (χ2v) is 9.81. The molecule has 0 fully saturated rings. The standard InChI is InChI=1S/C24H23ClN4O5S/c1-35(32,33)29(15-18-2-8-20(25)9-3-18)21-10-6-19(7-11-21)24(31)28-27-14-17-4-12-22(13-5-17)34-16-23(26)30/h2-14H,15-16H2,1H3,(H2,26,30)(H,28,31)/b27-14-. The van der Waals surface area contributed by atoms with Crippen LogP contribution >= 0.6 is 11.6 Å². The topological polar surface area (TPSA) is 131 Å². The molecule has 0 aliphatic heterocycles. The third-order valence-electron chi connectivity index (χ3n) is 4.70. The summed E-state index contributed by atoms with van der Waals surface area (Å²) in [5.41, 5.74) is 9.64. The zero-order valence-corrected chi connectivity index (χ0v) is 20.3. The van der Waals surface area contributed by atoms with Crippen LogP contribution in [0.15, 0.2) is 77.9 Å². The molecule has 0 aromatic heterocycles. The van der Waals surface area contributed by atoms with Crippen LogP contribution in [0.2, 0.25) is 5.02 Å². The highest BCUT2D eigenvalue weighted by Gasteiger charge is 2.18. The molecule has 0 heterocycles. The van der Waals surface area contributed by atoms with Crippen LogP contribution in [0.1, 0.15) is 21.5 Å². The lowest BCUT2D eigenvalue weighted by atomic mass is 10.2. The summed E-state index contributed by atoms with van der Waals surface area (Å²) in [5.74, 6) is -0.556. The van der Waals surface area contributed by atoms with Gasteiger partial charge in [-0.2, -0.15) is 5.10 Å². The molecule has 0 atom stereocenters. The molecule has 35 heavy (non-hydrogen) atoms. The van der Waals surface area contributed by atoms with Gasteiger partial charge in [0, 0.05) is 10.6 Å². The molecule has 0 aliphatic carbocycles. The van der Waals surface area contributed by atoms with Crippen molar-refractivity contribution in [1.82, 2.24) is 5.43 Å². The number of carbonyl (C=O) groups is 2. The van der Waals surface area contributed by atoms with Gasteiger partial charge in [-0.3, -0.25) is 13.9 Å². The van der Waals surface area contributed by atoms with Crippen LogP contribution in [0.25, 0.3) is 0 Å². The monoisotopic (exact) mass is 514 g/mol. The predicted octanol–water partition coefficient (Wildman–Crippen LogP) is 2.93. The Bertz CT molecular complexity index is 1310. The number of hydrazone groups is 1. The van der Waals surface area contributed by atoms with Gasteiger partial charge in [-0.05, 0) is 71.8 Å². The Balaban J connectivity index is 1.63. The van der Waals surface area contributed by atoms with E-state index in [1.54, 1.807) is 60.7 Å². The van der Waals surface area contributed by atoms with E-state index in [-0.39, 0.29) is 13.2 Å². The summed E-state index contributed by atoms with van der Waals surface area (Å²) >= 11 is 5.90. The van der Waals surface area contributed by atoms with Gasteiger partial charge in [-0.15, -0.1) is 0 Å². The van der Waals surface area contributed by atoms with Crippen molar-refractivity contribution in [1.29, 1.82) is 0 Å². The maximum Gasteiger partial charge on any atom is 0.271 e. The number of nitrogens with zero attached hydrogens (tertiary/aromatic N) is 2. The molecule has 3 aromatic carbocycles. The van der Waals surface area contributed by atoms with Crippen LogP contribution in [-0.2, 0) is 21.4 Å². The number of halogens is 1. The van der Waals surface area contributed by atoms with E-state index in [9.17, 15) is 18.0 Å². The minimum absolute atomic E-state index is 0.123. The van der Waals surface area contributed by atoms with Crippen molar-refractivity contribution < 1.29 is 22.7 Å². The van der Waals surface area contributed by atoms with Crippen molar-refractivity contribution in [3.63, 3.8) is 0 Å². The summed E-state index contributed by atoms with van der Waals surface area (Å²) in [4.78, 5) is 23.2. The number of carbonyl (C=O) groups excluding carboxylic acids is 2. The number of benzene rings is 3. The summed E-state index contributed by atoms with van der Waals surface area (Å²) in [7, 11) is -3.57. The van der Waals surface area contributed by atoms with Crippen molar-refractivity contribution in [2.45, 2.75) is 6.54 Å². The lowest BCUT2D eigenvalue weighted by molar-refractivity contribution is -0.119. The Morgan fingerprint density at radius 3 is 2.23 bits per heavy atom. The van der Waals surface area contributed by atoms with Crippen molar-refractivity contribution in [2.24, 2.45) is 10.8 Å². The van der Waals surface area contributed by atoms with E-state index in [1.165, 1.54) is 22.7 Å². The van der Waals surface area contributed by atoms with E-state index in [4.69, 9.17) is 22.1 Å². The quantitative estimate of drug-likeness (QED) is 0.317. The summed E-state index contributed by atoms with van der Waals surface area (Å²) in [6.07, 6.45) is 2.57. The highest BCUT2D eigenvalue weighted by molar-refractivity contribution is 7.92. The summed E-state index contributed by atoms with van der Waals surface area (Å²) in [6, 6.07) is 19.7. The molecule has 3 aromatic rings. The third-order valence-corrected chi connectivity index (χ3v) is 6.09. The van der Waals surface area contributed by atoms with Crippen molar-refractivity contribution >= 4 is 45.3 Å². The molecule has 3 N–H and O–H groups in total. The van der Waals surface area contributed by atoms with Crippen LogP contribution in [0.3, 0.4) is 0 Å². The summed E-state index contributed by atoms with van der Waals surface area (Å²) < 4.78 is 31.1. The number of ether oxygens (including phenoxy) is 1. The van der Waals surface area contributed by atoms with E-state index < -0.39 is 21.8 Å². The van der Waals surface area contributed by atoms with E-state index in [1.807, 2.05) is 0 Å². The lowest BCUT2D eigenvalue weighted by Crippen LogP contribution is -2.29. The molecule has 0 spiro atoms. The fourth-order valence-corrected chi connectivity index (χ4v) is 3.98. The molecule has 0 bridgehead atoms. The molecule has 0 saturated carbocycles. The van der Waals surface area contributed by atoms with Gasteiger partial charge in [0.25, 0.3) is 11.8 Å². The van der Waals surface area contributed by atoms with Gasteiger partial charge in [-0.25, -0.2) is 13.8 Å². The molecule has 0 radical (unpaired) electrons. The van der Waals surface area contributed by atoms with Crippen molar-refractivity contribution in [2.75, 3.05) is 17.2 Å². The zero-order valence-electron chi connectivity index (χ0n) is 18.7. The Labute approximate surface area is 208 Å². The number of hydrogen-bond donors (Lipinski definition) is 2. The Hall–Kier alpha value is -3.89. The van der Waals surface area contributed by atoms with E-state index in [0.717, 1.165) is 11.8 Å². The minimum Gasteiger partial charge on any atom is -0.484 e. The number of hydrogen-bond acceptors (Lipinski definition) is 6. The summed E-state index contributed by atoms with van der Waals surface area (Å²) in [6.45, 7) is -0.0937. The van der Waals surface area contributed by atoms with E-state index in [2.05, 4.69) is 10.5 Å². The van der Waals surface area contributed by atoms with E-state index >= 15 is 0 Å². The Kier molecular flexibility index (Phi) is 8.45. The number of nitrogens with one attached hydrogen (secondary N) is 1. The van der Waals surface area contributed by atoms with Crippen LogP contribution < -0.4 is 20.2 Å². The van der Waals surface area contributed by atoms with Crippen molar-refractivity contribution in [3.05, 3.63) is 94.5 Å². The number of amides is 2. The van der Waals surface area contributed by atoms with Gasteiger partial charge in [0.15, 0.2) is 6.61 Å². The molecule has 0 saturated heterocycles. The molecule has 0 aliphatic rings. The highest BCUT2D eigenvalue weighted by atomic mass is 35.5. The maximum absolute atomic E-state index is 12.4. The second kappa shape index (κ2) is 11.5. The summed E-state index contributed by atoms with van der Waals surface area (Å²) in [5, 5.41) is 4.48. The second-order valence-electron chi connectivity index (χ2n) is 7.47. The molecular weight excluding hydrogens is 492 g/mol. The average Bonchev–Trinajstić information content (AvgIpc) is 2.82. The third kappa shape index (κ3) is 7.83. The SMILES string of the molecule is CS(=O)(=O)N(Cc1ccc(Cl)cc1)c1ccc(C(=O)N/N=C\c2ccc(OCC(N)=O)cc2)cc1. The first-order chi connectivity index (χ1) is 16.6. The number of anilines is 1. The van der Waals surface area contributed by atoms with Gasteiger partial charge in [-0.1, -0.05) is 23.7 Å². The maximum atomic E-state index is 12.4. The lowest BCUT2D eigenvalue weighted by Gasteiger charge is -2.22. The molecule has 182 valence electrons. The zero-order chi connectivity index (χ0) is 25.4. The van der Waals surface area contributed by atoms with Crippen LogP contribution in [0, 0.1) is 0 Å². The molecule has 3 rings (SSSR count). The fourth-order valence-electron chi connectivity index (χ4n) is 2.97. The van der Waals surface area contributed by atoms with E-state index in [0.29, 0.717) is 27.6 Å². The number of sulfonamides is 1. The molecule has 11 heteroatoms. The van der Waals surface area contributed by atoms with Crippen LogP contribution in [0.4, 0.5) is 5.69 Å². The Morgan fingerprint density at radius 2 is 1.66 bits per heavy atom. The van der Waals surface area contributed by atoms with Crippen LogP contribution in [-0.4, -0.2) is 39.3 Å². The van der Waals surface area contributed by atoms with Gasteiger partial charge in [0.05, 0.1) is 24.7 Å². The van der Waals surface area contributed by atoms with Gasteiger partial charge >= 0.3 is 0 Å². The molecule has 0 unspecified atom stereocenters.